The van der Waals surface area contributed by atoms with Gasteiger partial charge in [0.1, 0.15) is 0 Å². The number of aryl methyl sites for hydroxylation is 2. The summed E-state index contributed by atoms with van der Waals surface area (Å²) in [5.74, 6) is 0.178. The molecular formula is C11H19N3O2S. The van der Waals surface area contributed by atoms with Crippen LogP contribution in [0, 0.1) is 6.92 Å². The van der Waals surface area contributed by atoms with Crippen molar-refractivity contribution in [3.8, 4) is 0 Å². The highest BCUT2D eigenvalue weighted by atomic mass is 32.2. The van der Waals surface area contributed by atoms with Gasteiger partial charge in [-0.2, -0.15) is 0 Å². The number of nitrogens with zero attached hydrogens (tertiary/aromatic N) is 2. The zero-order valence-electron chi connectivity index (χ0n) is 10.5. The molecule has 17 heavy (non-hydrogen) atoms. The van der Waals surface area contributed by atoms with Gasteiger partial charge >= 0.3 is 0 Å². The second-order valence-corrected chi connectivity index (χ2v) is 5.92. The molecule has 1 heterocycles. The lowest BCUT2D eigenvalue weighted by Gasteiger charge is -2.07. The van der Waals surface area contributed by atoms with E-state index in [1.807, 2.05) is 6.92 Å². The number of hydrogen-bond donors (Lipinski definition) is 1. The fourth-order valence-corrected chi connectivity index (χ4v) is 1.89. The summed E-state index contributed by atoms with van der Waals surface area (Å²) in [7, 11) is -3.29. The molecule has 0 unspecified atom stereocenters. The fraction of sp³-hybridized carbons (Fsp3) is 0.636. The molecule has 0 aromatic carbocycles. The molecule has 0 atom stereocenters. The summed E-state index contributed by atoms with van der Waals surface area (Å²) in [6, 6.07) is 0. The van der Waals surface area contributed by atoms with E-state index in [9.17, 15) is 8.42 Å². The van der Waals surface area contributed by atoms with E-state index in [4.69, 9.17) is 0 Å². The number of unbranched alkanes of at least 4 members (excludes halogenated alkanes) is 1. The Balaban J connectivity index is 2.82. The van der Waals surface area contributed by atoms with E-state index in [1.165, 1.54) is 0 Å². The molecule has 1 N–H and O–H groups in total. The lowest BCUT2D eigenvalue weighted by molar-refractivity contribution is 0.602. The summed E-state index contributed by atoms with van der Waals surface area (Å²) in [6.07, 6.45) is 4.84. The molecule has 0 aliphatic carbocycles. The first-order valence-corrected chi connectivity index (χ1v) is 7.46. The van der Waals surface area contributed by atoms with Crippen LogP contribution in [0.25, 0.3) is 0 Å². The minimum atomic E-state index is -3.29. The van der Waals surface area contributed by atoms with Crippen molar-refractivity contribution in [1.82, 2.24) is 9.97 Å². The first-order valence-electron chi connectivity index (χ1n) is 5.81. The standard InChI is InChI=1S/C11H19N3O2S/c1-4-6-7-10-8-12-11(13-9(10)3)14-17(15,16)5-2/h8H,4-7H2,1-3H3,(H,12,13,14). The summed E-state index contributed by atoms with van der Waals surface area (Å²) in [4.78, 5) is 8.18. The third-order valence-corrected chi connectivity index (χ3v) is 3.76. The van der Waals surface area contributed by atoms with Crippen LogP contribution in [0.3, 0.4) is 0 Å². The Morgan fingerprint density at radius 3 is 2.59 bits per heavy atom. The van der Waals surface area contributed by atoms with Crippen LogP contribution in [0.2, 0.25) is 0 Å². The van der Waals surface area contributed by atoms with E-state index in [0.717, 1.165) is 30.5 Å². The molecule has 0 amide bonds. The lowest BCUT2D eigenvalue weighted by Crippen LogP contribution is -2.17. The molecule has 0 fully saturated rings. The van der Waals surface area contributed by atoms with Crippen LogP contribution in [0.5, 0.6) is 0 Å². The van der Waals surface area contributed by atoms with Crippen LogP contribution in [-0.4, -0.2) is 24.1 Å². The van der Waals surface area contributed by atoms with Crippen molar-refractivity contribution in [2.45, 2.75) is 40.0 Å². The molecule has 0 saturated carbocycles. The van der Waals surface area contributed by atoms with Crippen molar-refractivity contribution >= 4 is 16.0 Å². The Hall–Kier alpha value is -1.17. The van der Waals surface area contributed by atoms with Crippen LogP contribution in [0.4, 0.5) is 5.95 Å². The summed E-state index contributed by atoms with van der Waals surface area (Å²) in [5, 5.41) is 0. The molecule has 6 heteroatoms. The Morgan fingerprint density at radius 1 is 1.35 bits per heavy atom. The van der Waals surface area contributed by atoms with Crippen LogP contribution in [0.15, 0.2) is 6.20 Å². The lowest BCUT2D eigenvalue weighted by atomic mass is 10.1. The topological polar surface area (TPSA) is 72.0 Å². The zero-order valence-corrected chi connectivity index (χ0v) is 11.3. The molecule has 1 aromatic heterocycles. The number of aromatic nitrogens is 2. The van der Waals surface area contributed by atoms with Crippen molar-refractivity contribution in [1.29, 1.82) is 0 Å². The molecule has 1 aromatic rings. The SMILES string of the molecule is CCCCc1cnc(NS(=O)(=O)CC)nc1C. The minimum absolute atomic E-state index is 0.0208. The molecule has 96 valence electrons. The summed E-state index contributed by atoms with van der Waals surface area (Å²) >= 11 is 0. The van der Waals surface area contributed by atoms with Crippen LogP contribution < -0.4 is 4.72 Å². The third-order valence-electron chi connectivity index (χ3n) is 2.51. The van der Waals surface area contributed by atoms with Crippen molar-refractivity contribution in [2.24, 2.45) is 0 Å². The van der Waals surface area contributed by atoms with Gasteiger partial charge in [0, 0.05) is 11.9 Å². The average Bonchev–Trinajstić information content (AvgIpc) is 2.27. The smallest absolute Gasteiger partial charge is 0.236 e. The molecule has 0 spiro atoms. The second kappa shape index (κ2) is 5.95. The van der Waals surface area contributed by atoms with E-state index >= 15 is 0 Å². The van der Waals surface area contributed by atoms with Gasteiger partial charge in [-0.3, -0.25) is 4.72 Å². The first-order chi connectivity index (χ1) is 7.98. The molecule has 0 bridgehead atoms. The van der Waals surface area contributed by atoms with E-state index in [0.29, 0.717) is 0 Å². The number of rotatable bonds is 6. The third kappa shape index (κ3) is 4.30. The van der Waals surface area contributed by atoms with Gasteiger partial charge in [0.25, 0.3) is 0 Å². The Morgan fingerprint density at radius 2 is 2.06 bits per heavy atom. The first kappa shape index (κ1) is 13.9. The van der Waals surface area contributed by atoms with Gasteiger partial charge in [-0.05, 0) is 32.3 Å². The highest BCUT2D eigenvalue weighted by Crippen LogP contribution is 2.11. The Labute approximate surface area is 103 Å². The monoisotopic (exact) mass is 257 g/mol. The number of anilines is 1. The summed E-state index contributed by atoms with van der Waals surface area (Å²) in [6.45, 7) is 5.57. The normalized spacial score (nSPS) is 11.5. The number of sulfonamides is 1. The van der Waals surface area contributed by atoms with Gasteiger partial charge in [-0.15, -0.1) is 0 Å². The molecular weight excluding hydrogens is 238 g/mol. The molecule has 5 nitrogen and oxygen atoms in total. The summed E-state index contributed by atoms with van der Waals surface area (Å²) < 4.78 is 25.0. The van der Waals surface area contributed by atoms with E-state index in [1.54, 1.807) is 13.1 Å². The maximum atomic E-state index is 11.3. The van der Waals surface area contributed by atoms with Gasteiger partial charge in [0.2, 0.25) is 16.0 Å². The van der Waals surface area contributed by atoms with E-state index < -0.39 is 10.0 Å². The number of hydrogen-bond acceptors (Lipinski definition) is 4. The van der Waals surface area contributed by atoms with Crippen molar-refractivity contribution in [2.75, 3.05) is 10.5 Å². The number of nitrogens with one attached hydrogen (secondary N) is 1. The fourth-order valence-electron chi connectivity index (χ4n) is 1.37. The van der Waals surface area contributed by atoms with Crippen molar-refractivity contribution < 1.29 is 8.42 Å². The van der Waals surface area contributed by atoms with Crippen LogP contribution in [-0.2, 0) is 16.4 Å². The average molecular weight is 257 g/mol. The van der Waals surface area contributed by atoms with Gasteiger partial charge in [-0.1, -0.05) is 13.3 Å². The predicted octanol–water partition coefficient (Wildman–Crippen LogP) is 1.89. The van der Waals surface area contributed by atoms with Gasteiger partial charge in [0.05, 0.1) is 5.75 Å². The zero-order chi connectivity index (χ0) is 12.9. The second-order valence-electron chi connectivity index (χ2n) is 3.91. The van der Waals surface area contributed by atoms with Crippen molar-refractivity contribution in [3.63, 3.8) is 0 Å². The molecule has 0 saturated heterocycles. The van der Waals surface area contributed by atoms with E-state index in [2.05, 4.69) is 21.6 Å². The largest absolute Gasteiger partial charge is 0.251 e. The quantitative estimate of drug-likeness (QED) is 0.844. The van der Waals surface area contributed by atoms with Gasteiger partial charge in [0.15, 0.2) is 0 Å². The Kier molecular flexibility index (Phi) is 4.86. The summed E-state index contributed by atoms with van der Waals surface area (Å²) in [5.41, 5.74) is 1.91. The highest BCUT2D eigenvalue weighted by molar-refractivity contribution is 7.92. The maximum Gasteiger partial charge on any atom is 0.236 e. The minimum Gasteiger partial charge on any atom is -0.251 e. The molecule has 0 aliphatic heterocycles. The van der Waals surface area contributed by atoms with Crippen molar-refractivity contribution in [3.05, 3.63) is 17.5 Å². The Bertz CT molecular complexity index is 472. The highest BCUT2D eigenvalue weighted by Gasteiger charge is 2.10. The molecule has 1 rings (SSSR count). The van der Waals surface area contributed by atoms with Gasteiger partial charge in [-0.25, -0.2) is 18.4 Å². The van der Waals surface area contributed by atoms with Crippen LogP contribution in [0.1, 0.15) is 37.9 Å². The maximum absolute atomic E-state index is 11.3. The van der Waals surface area contributed by atoms with Crippen LogP contribution >= 0.6 is 0 Å². The molecule has 0 aliphatic rings. The van der Waals surface area contributed by atoms with E-state index in [-0.39, 0.29) is 11.7 Å². The predicted molar refractivity (Wildman–Crippen MR) is 68.5 cm³/mol. The molecule has 0 radical (unpaired) electrons. The van der Waals surface area contributed by atoms with Gasteiger partial charge < -0.3 is 0 Å².